The largest absolute Gasteiger partial charge is 0.398 e. The standard InChI is InChI=1S/C16H18ClN3O2S/c17-13-6-2-4-8-16(13)23(21,22)20-10-9-19-15(11-20)12-5-1-3-7-14(12)18/h1-8,15,19H,9-11,18H2. The van der Waals surface area contributed by atoms with Crippen molar-refractivity contribution >= 4 is 27.3 Å². The summed E-state index contributed by atoms with van der Waals surface area (Å²) in [5.41, 5.74) is 7.58. The summed E-state index contributed by atoms with van der Waals surface area (Å²) in [4.78, 5) is 0.142. The third-order valence-corrected chi connectivity index (χ3v) is 6.33. The topological polar surface area (TPSA) is 75.4 Å². The van der Waals surface area contributed by atoms with Gasteiger partial charge in [0.25, 0.3) is 0 Å². The van der Waals surface area contributed by atoms with Gasteiger partial charge in [0.1, 0.15) is 4.90 Å². The molecule has 0 saturated carbocycles. The quantitative estimate of drug-likeness (QED) is 0.832. The van der Waals surface area contributed by atoms with Gasteiger partial charge in [-0.2, -0.15) is 4.31 Å². The first-order valence-corrected chi connectivity index (χ1v) is 9.14. The summed E-state index contributed by atoms with van der Waals surface area (Å²) in [7, 11) is -3.63. The second-order valence-corrected chi connectivity index (χ2v) is 7.74. The minimum atomic E-state index is -3.63. The average molecular weight is 352 g/mol. The molecule has 2 aromatic rings. The van der Waals surface area contributed by atoms with E-state index in [0.29, 0.717) is 25.3 Å². The number of sulfonamides is 1. The van der Waals surface area contributed by atoms with Crippen LogP contribution in [0.4, 0.5) is 5.69 Å². The molecule has 3 rings (SSSR count). The summed E-state index contributed by atoms with van der Waals surface area (Å²) in [6.07, 6.45) is 0. The fourth-order valence-corrected chi connectivity index (χ4v) is 4.72. The third-order valence-electron chi connectivity index (χ3n) is 3.96. The van der Waals surface area contributed by atoms with E-state index in [4.69, 9.17) is 17.3 Å². The Bertz CT molecular complexity index is 810. The summed E-state index contributed by atoms with van der Waals surface area (Å²) >= 11 is 6.07. The summed E-state index contributed by atoms with van der Waals surface area (Å²) in [5.74, 6) is 0. The van der Waals surface area contributed by atoms with Crippen LogP contribution in [0.3, 0.4) is 0 Å². The summed E-state index contributed by atoms with van der Waals surface area (Å²) in [6.45, 7) is 1.28. The number of rotatable bonds is 3. The van der Waals surface area contributed by atoms with Crippen LogP contribution >= 0.6 is 11.6 Å². The van der Waals surface area contributed by atoms with Crippen LogP contribution in [0.5, 0.6) is 0 Å². The monoisotopic (exact) mass is 351 g/mol. The van der Waals surface area contributed by atoms with Crippen molar-refractivity contribution in [2.24, 2.45) is 0 Å². The van der Waals surface area contributed by atoms with Crippen LogP contribution in [-0.2, 0) is 10.0 Å². The molecule has 23 heavy (non-hydrogen) atoms. The lowest BCUT2D eigenvalue weighted by atomic mass is 10.0. The van der Waals surface area contributed by atoms with Crippen LogP contribution in [0.2, 0.25) is 5.02 Å². The molecular formula is C16H18ClN3O2S. The minimum Gasteiger partial charge on any atom is -0.398 e. The number of nitrogens with one attached hydrogen (secondary N) is 1. The van der Waals surface area contributed by atoms with Gasteiger partial charge in [0, 0.05) is 31.4 Å². The zero-order valence-electron chi connectivity index (χ0n) is 12.4. The highest BCUT2D eigenvalue weighted by Gasteiger charge is 2.32. The maximum absolute atomic E-state index is 12.9. The molecule has 1 atom stereocenters. The lowest BCUT2D eigenvalue weighted by Gasteiger charge is -2.33. The Morgan fingerprint density at radius 2 is 1.83 bits per heavy atom. The van der Waals surface area contributed by atoms with Gasteiger partial charge in [-0.1, -0.05) is 41.9 Å². The molecule has 2 aromatic carbocycles. The third kappa shape index (κ3) is 3.21. The molecule has 1 unspecified atom stereocenters. The van der Waals surface area contributed by atoms with Gasteiger partial charge in [0.05, 0.1) is 5.02 Å². The lowest BCUT2D eigenvalue weighted by molar-refractivity contribution is 0.302. The Morgan fingerprint density at radius 3 is 2.57 bits per heavy atom. The van der Waals surface area contributed by atoms with Crippen molar-refractivity contribution in [3.8, 4) is 0 Å². The second-order valence-electron chi connectivity index (χ2n) is 5.43. The summed E-state index contributed by atoms with van der Waals surface area (Å²) in [6, 6.07) is 13.9. The SMILES string of the molecule is Nc1ccccc1C1CN(S(=O)(=O)c2ccccc2Cl)CCN1. The van der Waals surface area contributed by atoms with Gasteiger partial charge in [-0.25, -0.2) is 8.42 Å². The van der Waals surface area contributed by atoms with Crippen molar-refractivity contribution in [1.29, 1.82) is 0 Å². The molecule has 0 amide bonds. The molecule has 0 aromatic heterocycles. The molecule has 1 fully saturated rings. The van der Waals surface area contributed by atoms with Crippen molar-refractivity contribution in [1.82, 2.24) is 9.62 Å². The Balaban J connectivity index is 1.90. The number of nitrogens with zero attached hydrogens (tertiary/aromatic N) is 1. The van der Waals surface area contributed by atoms with Crippen LogP contribution in [0, 0.1) is 0 Å². The van der Waals surface area contributed by atoms with Crippen LogP contribution < -0.4 is 11.1 Å². The van der Waals surface area contributed by atoms with E-state index in [2.05, 4.69) is 5.32 Å². The number of para-hydroxylation sites is 1. The molecule has 0 aliphatic carbocycles. The van der Waals surface area contributed by atoms with Crippen molar-refractivity contribution in [3.05, 3.63) is 59.1 Å². The maximum Gasteiger partial charge on any atom is 0.244 e. The van der Waals surface area contributed by atoms with Crippen molar-refractivity contribution in [3.63, 3.8) is 0 Å². The predicted molar refractivity (Wildman–Crippen MR) is 91.8 cm³/mol. The van der Waals surface area contributed by atoms with Gasteiger partial charge in [0.2, 0.25) is 10.0 Å². The van der Waals surface area contributed by atoms with Gasteiger partial charge in [-0.3, -0.25) is 0 Å². The van der Waals surface area contributed by atoms with Crippen LogP contribution in [0.1, 0.15) is 11.6 Å². The molecule has 7 heteroatoms. The molecule has 0 radical (unpaired) electrons. The Hall–Kier alpha value is -1.60. The minimum absolute atomic E-state index is 0.137. The molecule has 122 valence electrons. The van der Waals surface area contributed by atoms with Gasteiger partial charge in [-0.15, -0.1) is 0 Å². The van der Waals surface area contributed by atoms with Crippen LogP contribution in [0.25, 0.3) is 0 Å². The first-order chi connectivity index (χ1) is 11.0. The first kappa shape index (κ1) is 16.3. The van der Waals surface area contributed by atoms with Crippen LogP contribution in [-0.4, -0.2) is 32.4 Å². The fraction of sp³-hybridized carbons (Fsp3) is 0.250. The van der Waals surface area contributed by atoms with E-state index in [1.165, 1.54) is 10.4 Å². The van der Waals surface area contributed by atoms with Crippen molar-refractivity contribution in [2.45, 2.75) is 10.9 Å². The molecule has 3 N–H and O–H groups in total. The zero-order chi connectivity index (χ0) is 16.4. The Kier molecular flexibility index (Phi) is 4.59. The number of nitrogen functional groups attached to an aromatic ring is 1. The molecule has 0 bridgehead atoms. The Labute approximate surface area is 141 Å². The summed E-state index contributed by atoms with van der Waals surface area (Å²) < 4.78 is 27.2. The van der Waals surface area contributed by atoms with Crippen molar-refractivity contribution in [2.75, 3.05) is 25.4 Å². The number of benzene rings is 2. The Morgan fingerprint density at radius 1 is 1.13 bits per heavy atom. The molecular weight excluding hydrogens is 334 g/mol. The second kappa shape index (κ2) is 6.49. The smallest absolute Gasteiger partial charge is 0.244 e. The number of halogens is 1. The number of hydrogen-bond donors (Lipinski definition) is 2. The highest BCUT2D eigenvalue weighted by atomic mass is 35.5. The summed E-state index contributed by atoms with van der Waals surface area (Å²) in [5, 5.41) is 3.56. The fourth-order valence-electron chi connectivity index (χ4n) is 2.77. The first-order valence-electron chi connectivity index (χ1n) is 7.32. The number of anilines is 1. The normalized spacial score (nSPS) is 19.6. The van der Waals surface area contributed by atoms with Crippen LogP contribution in [0.15, 0.2) is 53.4 Å². The maximum atomic E-state index is 12.9. The molecule has 0 spiro atoms. The zero-order valence-corrected chi connectivity index (χ0v) is 14.0. The lowest BCUT2D eigenvalue weighted by Crippen LogP contribution is -2.48. The van der Waals surface area contributed by atoms with Gasteiger partial charge in [-0.05, 0) is 23.8 Å². The van der Waals surface area contributed by atoms with Gasteiger partial charge < -0.3 is 11.1 Å². The highest BCUT2D eigenvalue weighted by Crippen LogP contribution is 2.28. The van der Waals surface area contributed by atoms with E-state index in [1.807, 2.05) is 24.3 Å². The van der Waals surface area contributed by atoms with Gasteiger partial charge in [0.15, 0.2) is 0 Å². The highest BCUT2D eigenvalue weighted by molar-refractivity contribution is 7.89. The number of nitrogens with two attached hydrogens (primary N) is 1. The predicted octanol–water partition coefficient (Wildman–Crippen LogP) is 2.26. The molecule has 5 nitrogen and oxygen atoms in total. The van der Waals surface area contributed by atoms with E-state index in [0.717, 1.165) is 5.56 Å². The van der Waals surface area contributed by atoms with E-state index in [1.54, 1.807) is 18.2 Å². The van der Waals surface area contributed by atoms with Crippen molar-refractivity contribution < 1.29 is 8.42 Å². The molecule has 1 heterocycles. The van der Waals surface area contributed by atoms with E-state index >= 15 is 0 Å². The van der Waals surface area contributed by atoms with E-state index in [-0.39, 0.29) is 16.0 Å². The number of hydrogen-bond acceptors (Lipinski definition) is 4. The van der Waals surface area contributed by atoms with E-state index < -0.39 is 10.0 Å². The van der Waals surface area contributed by atoms with Gasteiger partial charge >= 0.3 is 0 Å². The van der Waals surface area contributed by atoms with E-state index in [9.17, 15) is 8.42 Å². The average Bonchev–Trinajstić information content (AvgIpc) is 2.55. The molecule has 1 aliphatic rings. The molecule has 1 aliphatic heterocycles. The molecule has 1 saturated heterocycles. The number of piperazine rings is 1.